The van der Waals surface area contributed by atoms with E-state index in [1.807, 2.05) is 29.1 Å². The Hall–Kier alpha value is -2.24. The van der Waals surface area contributed by atoms with Crippen LogP contribution in [0.25, 0.3) is 0 Å². The number of nitrogens with one attached hydrogen (secondary N) is 2. The van der Waals surface area contributed by atoms with Crippen molar-refractivity contribution < 1.29 is 4.42 Å². The number of aromatic nitrogens is 2. The molecule has 0 aliphatic rings. The van der Waals surface area contributed by atoms with Crippen LogP contribution < -0.4 is 10.6 Å². The smallest absolute Gasteiger partial charge is 0.191 e. The summed E-state index contributed by atoms with van der Waals surface area (Å²) >= 11 is 0. The van der Waals surface area contributed by atoms with E-state index in [9.17, 15) is 0 Å². The van der Waals surface area contributed by atoms with Gasteiger partial charge in [-0.15, -0.1) is 0 Å². The van der Waals surface area contributed by atoms with Crippen LogP contribution in [0.15, 0.2) is 46.3 Å². The third kappa shape index (κ3) is 6.59. The first kappa shape index (κ1) is 17.1. The molecule has 6 nitrogen and oxygen atoms in total. The quantitative estimate of drug-likeness (QED) is 0.423. The van der Waals surface area contributed by atoms with Crippen molar-refractivity contribution >= 4 is 5.96 Å². The van der Waals surface area contributed by atoms with E-state index in [-0.39, 0.29) is 0 Å². The highest BCUT2D eigenvalue weighted by molar-refractivity contribution is 5.80. The molecule has 2 aromatic rings. The minimum Gasteiger partial charge on any atom is -0.469 e. The number of furan rings is 1. The van der Waals surface area contributed by atoms with Gasteiger partial charge in [-0.05, 0) is 38.0 Å². The van der Waals surface area contributed by atoms with Crippen LogP contribution in [0.2, 0.25) is 0 Å². The van der Waals surface area contributed by atoms with Gasteiger partial charge in [0.05, 0.1) is 6.26 Å². The second-order valence-electron chi connectivity index (χ2n) is 5.56. The Labute approximate surface area is 138 Å². The van der Waals surface area contributed by atoms with Crippen LogP contribution in [0, 0.1) is 0 Å². The third-order valence-corrected chi connectivity index (χ3v) is 3.61. The number of hydrogen-bond donors (Lipinski definition) is 2. The lowest BCUT2D eigenvalue weighted by molar-refractivity contribution is 0.506. The van der Waals surface area contributed by atoms with Gasteiger partial charge in [0.15, 0.2) is 5.96 Å². The molecule has 1 unspecified atom stereocenters. The van der Waals surface area contributed by atoms with Crippen LogP contribution in [0.1, 0.15) is 32.4 Å². The van der Waals surface area contributed by atoms with E-state index in [0.717, 1.165) is 50.6 Å². The highest BCUT2D eigenvalue weighted by Gasteiger charge is 2.04. The standard InChI is InChI=1S/C17H27N5O/c1-3-15(2)21-17(19-11-8-16-7-4-14-23-16)18-9-5-12-22-13-6-10-20-22/h4,6-7,10,13-15H,3,5,8-9,11-12H2,1-2H3,(H2,18,19,21). The zero-order valence-electron chi connectivity index (χ0n) is 14.0. The van der Waals surface area contributed by atoms with Crippen LogP contribution in [-0.4, -0.2) is 34.9 Å². The lowest BCUT2D eigenvalue weighted by Crippen LogP contribution is -2.42. The van der Waals surface area contributed by atoms with E-state index < -0.39 is 0 Å². The maximum absolute atomic E-state index is 5.35. The fraction of sp³-hybridized carbons (Fsp3) is 0.529. The molecule has 0 radical (unpaired) electrons. The highest BCUT2D eigenvalue weighted by atomic mass is 16.3. The molecule has 0 aliphatic heterocycles. The highest BCUT2D eigenvalue weighted by Crippen LogP contribution is 1.99. The maximum Gasteiger partial charge on any atom is 0.191 e. The zero-order chi connectivity index (χ0) is 16.3. The number of aryl methyl sites for hydroxylation is 1. The predicted molar refractivity (Wildman–Crippen MR) is 92.4 cm³/mol. The van der Waals surface area contributed by atoms with E-state index >= 15 is 0 Å². The lowest BCUT2D eigenvalue weighted by Gasteiger charge is -2.16. The van der Waals surface area contributed by atoms with Gasteiger partial charge in [-0.25, -0.2) is 0 Å². The Kier molecular flexibility index (Phi) is 7.23. The monoisotopic (exact) mass is 317 g/mol. The first-order valence-corrected chi connectivity index (χ1v) is 8.32. The SMILES string of the molecule is CCC(C)NC(=NCCCn1cccn1)NCCc1ccco1. The van der Waals surface area contributed by atoms with Crippen molar-refractivity contribution in [2.45, 2.75) is 45.7 Å². The van der Waals surface area contributed by atoms with Crippen molar-refractivity contribution in [3.63, 3.8) is 0 Å². The molecule has 0 amide bonds. The van der Waals surface area contributed by atoms with Gasteiger partial charge in [0, 0.05) is 44.5 Å². The molecule has 0 spiro atoms. The Bertz CT molecular complexity index is 548. The minimum absolute atomic E-state index is 0.399. The van der Waals surface area contributed by atoms with Gasteiger partial charge in [0.2, 0.25) is 0 Å². The molecule has 0 saturated heterocycles. The van der Waals surface area contributed by atoms with Gasteiger partial charge in [-0.1, -0.05) is 6.92 Å². The summed E-state index contributed by atoms with van der Waals surface area (Å²) in [6.45, 7) is 6.78. The van der Waals surface area contributed by atoms with Crippen molar-refractivity contribution in [2.75, 3.05) is 13.1 Å². The predicted octanol–water partition coefficient (Wildman–Crippen LogP) is 2.44. The van der Waals surface area contributed by atoms with Gasteiger partial charge in [-0.2, -0.15) is 5.10 Å². The van der Waals surface area contributed by atoms with Gasteiger partial charge in [-0.3, -0.25) is 9.67 Å². The fourth-order valence-corrected chi connectivity index (χ4v) is 2.10. The number of hydrogen-bond acceptors (Lipinski definition) is 3. The van der Waals surface area contributed by atoms with E-state index in [2.05, 4.69) is 34.6 Å². The molecule has 6 heteroatoms. The first-order valence-electron chi connectivity index (χ1n) is 8.32. The number of aliphatic imine (C=N–C) groups is 1. The topological polar surface area (TPSA) is 67.4 Å². The summed E-state index contributed by atoms with van der Waals surface area (Å²) in [5.41, 5.74) is 0. The summed E-state index contributed by atoms with van der Waals surface area (Å²) in [5, 5.41) is 11.0. The van der Waals surface area contributed by atoms with Crippen molar-refractivity contribution in [1.29, 1.82) is 0 Å². The molecule has 126 valence electrons. The van der Waals surface area contributed by atoms with Crippen LogP contribution in [0.5, 0.6) is 0 Å². The molecular formula is C17H27N5O. The Morgan fingerprint density at radius 2 is 2.35 bits per heavy atom. The first-order chi connectivity index (χ1) is 11.3. The van der Waals surface area contributed by atoms with Crippen LogP contribution >= 0.6 is 0 Å². The average molecular weight is 317 g/mol. The second kappa shape index (κ2) is 9.71. The van der Waals surface area contributed by atoms with Crippen molar-refractivity contribution in [3.8, 4) is 0 Å². The molecule has 0 aromatic carbocycles. The molecule has 2 heterocycles. The van der Waals surface area contributed by atoms with Gasteiger partial charge >= 0.3 is 0 Å². The second-order valence-corrected chi connectivity index (χ2v) is 5.56. The van der Waals surface area contributed by atoms with Crippen molar-refractivity contribution in [3.05, 3.63) is 42.6 Å². The normalized spacial score (nSPS) is 13.0. The summed E-state index contributed by atoms with van der Waals surface area (Å²) in [5.74, 6) is 1.85. The summed E-state index contributed by atoms with van der Waals surface area (Å²) in [6, 6.07) is 6.24. The third-order valence-electron chi connectivity index (χ3n) is 3.61. The van der Waals surface area contributed by atoms with E-state index in [0.29, 0.717) is 6.04 Å². The maximum atomic E-state index is 5.35. The van der Waals surface area contributed by atoms with E-state index in [4.69, 9.17) is 4.42 Å². The van der Waals surface area contributed by atoms with Gasteiger partial charge in [0.25, 0.3) is 0 Å². The zero-order valence-corrected chi connectivity index (χ0v) is 14.0. The molecule has 1 atom stereocenters. The summed E-state index contributed by atoms with van der Waals surface area (Å²) < 4.78 is 7.28. The Morgan fingerprint density at radius 1 is 1.43 bits per heavy atom. The fourth-order valence-electron chi connectivity index (χ4n) is 2.10. The van der Waals surface area contributed by atoms with Crippen LogP contribution in [0.3, 0.4) is 0 Å². The van der Waals surface area contributed by atoms with Crippen LogP contribution in [-0.2, 0) is 13.0 Å². The van der Waals surface area contributed by atoms with Crippen molar-refractivity contribution in [1.82, 2.24) is 20.4 Å². The molecule has 2 aromatic heterocycles. The van der Waals surface area contributed by atoms with Gasteiger partial charge < -0.3 is 15.1 Å². The Morgan fingerprint density at radius 3 is 3.04 bits per heavy atom. The Balaban J connectivity index is 1.76. The minimum atomic E-state index is 0.399. The molecule has 2 rings (SSSR count). The summed E-state index contributed by atoms with van der Waals surface area (Å²) in [6.07, 6.45) is 8.36. The van der Waals surface area contributed by atoms with Gasteiger partial charge in [0.1, 0.15) is 5.76 Å². The van der Waals surface area contributed by atoms with E-state index in [1.54, 1.807) is 12.5 Å². The molecule has 0 aliphatic carbocycles. The average Bonchev–Trinajstić information content (AvgIpc) is 3.24. The van der Waals surface area contributed by atoms with E-state index in [1.165, 1.54) is 0 Å². The lowest BCUT2D eigenvalue weighted by atomic mass is 10.3. The molecular weight excluding hydrogens is 290 g/mol. The molecule has 0 bridgehead atoms. The molecule has 2 N–H and O–H groups in total. The number of guanidine groups is 1. The number of nitrogens with zero attached hydrogens (tertiary/aromatic N) is 3. The van der Waals surface area contributed by atoms with Crippen molar-refractivity contribution in [2.24, 2.45) is 4.99 Å². The molecule has 23 heavy (non-hydrogen) atoms. The number of rotatable bonds is 9. The summed E-state index contributed by atoms with van der Waals surface area (Å²) in [7, 11) is 0. The van der Waals surface area contributed by atoms with Crippen LogP contribution in [0.4, 0.5) is 0 Å². The molecule has 0 saturated carbocycles. The largest absolute Gasteiger partial charge is 0.469 e. The summed E-state index contributed by atoms with van der Waals surface area (Å²) in [4.78, 5) is 4.65. The molecule has 0 fully saturated rings.